The van der Waals surface area contributed by atoms with Crippen LogP contribution in [-0.2, 0) is 52.5 Å². The summed E-state index contributed by atoms with van der Waals surface area (Å²) in [4.78, 5) is 1.73. The van der Waals surface area contributed by atoms with Gasteiger partial charge in [0, 0.05) is 40.9 Å². The molecule has 7 rings (SSSR count). The number of fused-ring (bicyclic) bond motifs is 6. The van der Waals surface area contributed by atoms with Gasteiger partial charge in [0.05, 0.1) is 13.1 Å². The molecule has 52 heavy (non-hydrogen) atoms. The van der Waals surface area contributed by atoms with E-state index in [1.54, 1.807) is 16.0 Å². The molecule has 2 heterocycles. The number of piperazine rings is 1. The Morgan fingerprint density at radius 2 is 1.04 bits per heavy atom. The predicted molar refractivity (Wildman–Crippen MR) is 178 cm³/mol. The first-order valence-corrected chi connectivity index (χ1v) is 19.1. The highest BCUT2D eigenvalue weighted by molar-refractivity contribution is 7.86. The van der Waals surface area contributed by atoms with Gasteiger partial charge in [-0.05, 0) is 54.5 Å². The number of quaternary nitrogens is 1. The molecule has 1 fully saturated rings. The molecule has 0 spiro atoms. The minimum absolute atomic E-state index is 1.07. The van der Waals surface area contributed by atoms with Gasteiger partial charge >= 0.3 is 11.0 Å². The van der Waals surface area contributed by atoms with E-state index in [4.69, 9.17) is 25.9 Å². The molecule has 2 aliphatic carbocycles. The van der Waals surface area contributed by atoms with Gasteiger partial charge in [0.15, 0.2) is 26.8 Å². The van der Waals surface area contributed by atoms with E-state index in [9.17, 15) is 26.3 Å². The number of pyridine rings is 1. The molecule has 3 aliphatic rings. The molecule has 0 amide bonds. The Hall–Kier alpha value is -3.87. The molecule has 2 N–H and O–H groups in total. The molecule has 0 saturated carbocycles. The Morgan fingerprint density at radius 3 is 1.46 bits per heavy atom. The summed E-state index contributed by atoms with van der Waals surface area (Å²) in [6.45, 7) is 6.96. The summed E-state index contributed by atoms with van der Waals surface area (Å²) in [6, 6.07) is 29.5. The van der Waals surface area contributed by atoms with Gasteiger partial charge in [-0.1, -0.05) is 66.7 Å². The molecule has 1 saturated heterocycles. The van der Waals surface area contributed by atoms with Crippen LogP contribution in [0, 0.1) is 0 Å². The van der Waals surface area contributed by atoms with Crippen LogP contribution in [0.5, 0.6) is 0 Å². The lowest BCUT2D eigenvalue weighted by atomic mass is 9.77. The average molecular weight is 772 g/mol. The Labute approximate surface area is 297 Å². The summed E-state index contributed by atoms with van der Waals surface area (Å²) in [5.74, 6) is 0. The number of nitrogens with zero attached hydrogens (tertiary/aromatic N) is 1. The van der Waals surface area contributed by atoms with Crippen molar-refractivity contribution in [2.45, 2.75) is 43.2 Å². The smallest absolute Gasteiger partial charge is 0.485 e. The Kier molecular flexibility index (Phi) is 11.8. The van der Waals surface area contributed by atoms with Gasteiger partial charge in [0.25, 0.3) is 0 Å². The van der Waals surface area contributed by atoms with Crippen LogP contribution >= 0.6 is 0 Å². The summed E-state index contributed by atoms with van der Waals surface area (Å²) in [5, 5.41) is 3.54. The van der Waals surface area contributed by atoms with Gasteiger partial charge in [-0.2, -0.15) is 30.9 Å². The van der Waals surface area contributed by atoms with Crippen molar-refractivity contribution in [1.29, 1.82) is 0 Å². The molecule has 280 valence electrons. The van der Waals surface area contributed by atoms with E-state index in [-0.39, 0.29) is 0 Å². The molecule has 9 nitrogen and oxygen atoms in total. The first-order valence-electron chi connectivity index (χ1n) is 16.3. The van der Waals surface area contributed by atoms with Crippen LogP contribution in [0.2, 0.25) is 0 Å². The molecular weight excluding hydrogens is 737 g/mol. The molecule has 1 aromatic heterocycles. The normalized spacial score (nSPS) is 15.8. The van der Waals surface area contributed by atoms with Crippen LogP contribution in [-0.4, -0.2) is 69.7 Å². The third-order valence-electron chi connectivity index (χ3n) is 9.18. The first-order chi connectivity index (χ1) is 24.4. The topological polar surface area (TPSA) is 135 Å². The zero-order valence-corrected chi connectivity index (χ0v) is 29.2. The Bertz CT molecular complexity index is 2000. The minimum Gasteiger partial charge on any atom is -0.741 e. The fourth-order valence-corrected chi connectivity index (χ4v) is 6.89. The molecular formula is C35H35F6N3O6S2. The summed E-state index contributed by atoms with van der Waals surface area (Å²) in [6.07, 6.45) is 4.49. The van der Waals surface area contributed by atoms with Crippen molar-refractivity contribution in [2.75, 3.05) is 32.7 Å². The molecule has 1 aliphatic heterocycles. The lowest BCUT2D eigenvalue weighted by molar-refractivity contribution is -0.919. The average Bonchev–Trinajstić information content (AvgIpc) is 3.09. The highest BCUT2D eigenvalue weighted by Crippen LogP contribution is 2.44. The second kappa shape index (κ2) is 15.6. The number of halogens is 6. The lowest BCUT2D eigenvalue weighted by Crippen LogP contribution is -3.15. The number of rotatable bonds is 4. The maximum atomic E-state index is 10.7. The number of hydrogen-bond donors (Lipinski definition) is 2. The van der Waals surface area contributed by atoms with Crippen molar-refractivity contribution in [1.82, 2.24) is 5.32 Å². The molecule has 17 heteroatoms. The fourth-order valence-electron chi connectivity index (χ4n) is 6.89. The largest absolute Gasteiger partial charge is 0.741 e. The van der Waals surface area contributed by atoms with Crippen molar-refractivity contribution in [3.8, 4) is 33.6 Å². The van der Waals surface area contributed by atoms with Gasteiger partial charge in [0.2, 0.25) is 11.4 Å². The molecule has 0 bridgehead atoms. The molecule has 0 unspecified atom stereocenters. The Balaban J connectivity index is 0.000000275. The maximum absolute atomic E-state index is 10.7. The highest BCUT2D eigenvalue weighted by atomic mass is 32.2. The second-order valence-corrected chi connectivity index (χ2v) is 15.2. The molecule has 4 aromatic rings. The van der Waals surface area contributed by atoms with Gasteiger partial charge < -0.3 is 19.3 Å². The van der Waals surface area contributed by atoms with Gasteiger partial charge in [0.1, 0.15) is 6.54 Å². The molecule has 3 aromatic carbocycles. The fraction of sp³-hybridized carbons (Fsp3) is 0.343. The Morgan fingerprint density at radius 1 is 0.635 bits per heavy atom. The number of alkyl halides is 6. The third kappa shape index (κ3) is 8.83. The summed E-state index contributed by atoms with van der Waals surface area (Å²) in [7, 11) is -12.2. The van der Waals surface area contributed by atoms with Crippen molar-refractivity contribution in [3.63, 3.8) is 0 Å². The van der Waals surface area contributed by atoms with E-state index in [1.165, 1.54) is 64.4 Å². The van der Waals surface area contributed by atoms with Crippen molar-refractivity contribution >= 4 is 20.2 Å². The van der Waals surface area contributed by atoms with E-state index < -0.39 is 31.3 Å². The van der Waals surface area contributed by atoms with E-state index in [0.717, 1.165) is 45.3 Å². The van der Waals surface area contributed by atoms with Crippen LogP contribution in [0.25, 0.3) is 33.6 Å². The minimum atomic E-state index is -6.09. The lowest BCUT2D eigenvalue weighted by Gasteiger charge is -2.29. The standard InChI is InChI=1S/C33H34N3.2CHF3O3S/c1-2-10-26(11-3-1)31-29-16-14-24-8-4-6-12-27(24)32(29)36(23-22-35-20-18-34-19-21-35)33-28-13-7-5-9-25(28)15-17-30(31)33;2*2-1(3,4)8(5,6)7/h1-13,34H,14-23H2;2*(H,5,6,7)/q+1;;/p-1. The predicted octanol–water partition coefficient (Wildman–Crippen LogP) is 3.76. The summed E-state index contributed by atoms with van der Waals surface area (Å²) >= 11 is 0. The van der Waals surface area contributed by atoms with Gasteiger partial charge in [-0.15, -0.1) is 0 Å². The molecule has 0 atom stereocenters. The number of hydrogen-bond acceptors (Lipinski definition) is 7. The SMILES string of the molecule is O=S(=O)([O-])C(F)(F)F.O=S(=O)([O-])C(F)(F)F.c1ccc(-c2c3c([n+](CC[NH+]4CCNCC4)c4c2CCc2ccccc2-4)-c2ccccc2CC3)cc1. The first kappa shape index (κ1) is 39.3. The number of aryl methyl sites for hydroxylation is 2. The van der Waals surface area contributed by atoms with Gasteiger partial charge in [-0.3, -0.25) is 0 Å². The van der Waals surface area contributed by atoms with E-state index in [0.29, 0.717) is 0 Å². The van der Waals surface area contributed by atoms with Crippen LogP contribution in [0.15, 0.2) is 78.9 Å². The summed E-state index contributed by atoms with van der Waals surface area (Å²) in [5.41, 5.74) is 3.55. The summed E-state index contributed by atoms with van der Waals surface area (Å²) < 4.78 is 121. The van der Waals surface area contributed by atoms with Crippen molar-refractivity contribution in [3.05, 3.63) is 101 Å². The highest BCUT2D eigenvalue weighted by Gasteiger charge is 2.39. The molecule has 0 radical (unpaired) electrons. The van der Waals surface area contributed by atoms with Crippen LogP contribution in [0.1, 0.15) is 22.3 Å². The maximum Gasteiger partial charge on any atom is 0.485 e. The van der Waals surface area contributed by atoms with Crippen LogP contribution in [0.3, 0.4) is 0 Å². The van der Waals surface area contributed by atoms with E-state index in [1.807, 2.05) is 0 Å². The monoisotopic (exact) mass is 771 g/mol. The van der Waals surface area contributed by atoms with E-state index in [2.05, 4.69) is 88.7 Å². The quantitative estimate of drug-likeness (QED) is 0.140. The zero-order valence-electron chi connectivity index (χ0n) is 27.6. The van der Waals surface area contributed by atoms with Crippen LogP contribution in [0.4, 0.5) is 26.3 Å². The number of aromatic nitrogens is 1. The zero-order chi connectivity index (χ0) is 37.9. The van der Waals surface area contributed by atoms with E-state index >= 15 is 0 Å². The third-order valence-corrected chi connectivity index (χ3v) is 10.3. The van der Waals surface area contributed by atoms with Crippen molar-refractivity contribution in [2.24, 2.45) is 0 Å². The van der Waals surface area contributed by atoms with Crippen molar-refractivity contribution < 1.29 is 61.8 Å². The van der Waals surface area contributed by atoms with Gasteiger partial charge in [-0.25, -0.2) is 16.8 Å². The second-order valence-electron chi connectivity index (χ2n) is 12.4. The number of benzene rings is 3. The number of nitrogens with one attached hydrogen (secondary N) is 2. The van der Waals surface area contributed by atoms with Crippen LogP contribution < -0.4 is 14.8 Å².